The van der Waals surface area contributed by atoms with Crippen LogP contribution in [-0.4, -0.2) is 40.0 Å². The van der Waals surface area contributed by atoms with E-state index >= 15 is 0 Å². The molecule has 2 fully saturated rings. The Hall–Kier alpha value is -1.10. The highest BCUT2D eigenvalue weighted by Gasteiger charge is 2.45. The van der Waals surface area contributed by atoms with Gasteiger partial charge in [0.2, 0.25) is 5.91 Å². The van der Waals surface area contributed by atoms with Crippen molar-refractivity contribution in [3.05, 3.63) is 0 Å². The minimum atomic E-state index is -0.816. The summed E-state index contributed by atoms with van der Waals surface area (Å²) in [4.78, 5) is 25.1. The minimum absolute atomic E-state index is 0.223. The van der Waals surface area contributed by atoms with Crippen LogP contribution in [0.15, 0.2) is 0 Å². The first-order valence-electron chi connectivity index (χ1n) is 7.35. The molecule has 108 valence electrons. The lowest BCUT2D eigenvalue weighted by atomic mass is 9.75. The van der Waals surface area contributed by atoms with Crippen molar-refractivity contribution in [3.8, 4) is 0 Å². The van der Waals surface area contributed by atoms with Crippen molar-refractivity contribution in [2.45, 2.75) is 70.0 Å². The zero-order valence-electron chi connectivity index (χ0n) is 11.5. The number of piperidine rings is 1. The SMILES string of the molecule is CCC(C(N)=O)N1C(C(=O)O)CCC2CCCCC21. The van der Waals surface area contributed by atoms with Crippen LogP contribution in [0.3, 0.4) is 0 Å². The van der Waals surface area contributed by atoms with Crippen molar-refractivity contribution >= 4 is 11.9 Å². The molecule has 0 aromatic heterocycles. The van der Waals surface area contributed by atoms with E-state index < -0.39 is 18.1 Å². The molecule has 19 heavy (non-hydrogen) atoms. The van der Waals surface area contributed by atoms with E-state index in [1.165, 1.54) is 6.42 Å². The van der Waals surface area contributed by atoms with Crippen LogP contribution in [0.4, 0.5) is 0 Å². The van der Waals surface area contributed by atoms with E-state index in [0.717, 1.165) is 25.7 Å². The molecule has 1 saturated carbocycles. The number of rotatable bonds is 4. The Kier molecular flexibility index (Phi) is 4.45. The lowest BCUT2D eigenvalue weighted by Crippen LogP contribution is -2.61. The van der Waals surface area contributed by atoms with E-state index in [4.69, 9.17) is 5.73 Å². The summed E-state index contributed by atoms with van der Waals surface area (Å²) in [6, 6.07) is -0.759. The Labute approximate surface area is 114 Å². The number of carbonyl (C=O) groups excluding carboxylic acids is 1. The van der Waals surface area contributed by atoms with Gasteiger partial charge in [-0.25, -0.2) is 0 Å². The van der Waals surface area contributed by atoms with Crippen LogP contribution in [0, 0.1) is 5.92 Å². The number of aliphatic carboxylic acids is 1. The average molecular weight is 268 g/mol. The van der Waals surface area contributed by atoms with E-state index in [1.54, 1.807) is 0 Å². The summed E-state index contributed by atoms with van der Waals surface area (Å²) in [6.07, 6.45) is 6.69. The molecule has 0 aromatic carbocycles. The smallest absolute Gasteiger partial charge is 0.320 e. The Morgan fingerprint density at radius 2 is 1.95 bits per heavy atom. The maximum Gasteiger partial charge on any atom is 0.320 e. The van der Waals surface area contributed by atoms with Crippen molar-refractivity contribution in [2.24, 2.45) is 11.7 Å². The fourth-order valence-electron chi connectivity index (χ4n) is 3.93. The van der Waals surface area contributed by atoms with E-state index in [1.807, 2.05) is 11.8 Å². The summed E-state index contributed by atoms with van der Waals surface area (Å²) in [6.45, 7) is 1.90. The van der Waals surface area contributed by atoms with E-state index in [9.17, 15) is 14.7 Å². The van der Waals surface area contributed by atoms with Crippen LogP contribution in [0.2, 0.25) is 0 Å². The highest BCUT2D eigenvalue weighted by atomic mass is 16.4. The zero-order valence-corrected chi connectivity index (χ0v) is 11.5. The van der Waals surface area contributed by atoms with Crippen molar-refractivity contribution < 1.29 is 14.7 Å². The molecule has 1 aliphatic heterocycles. The molecule has 1 amide bonds. The van der Waals surface area contributed by atoms with E-state index in [2.05, 4.69) is 0 Å². The topological polar surface area (TPSA) is 83.6 Å². The summed E-state index contributed by atoms with van der Waals surface area (Å²) < 4.78 is 0. The molecule has 4 atom stereocenters. The monoisotopic (exact) mass is 268 g/mol. The second kappa shape index (κ2) is 5.90. The lowest BCUT2D eigenvalue weighted by Gasteiger charge is -2.49. The van der Waals surface area contributed by atoms with Gasteiger partial charge in [0.15, 0.2) is 0 Å². The normalized spacial score (nSPS) is 33.4. The van der Waals surface area contributed by atoms with Gasteiger partial charge in [0.25, 0.3) is 0 Å². The summed E-state index contributed by atoms with van der Waals surface area (Å²) in [5, 5.41) is 9.43. The molecular formula is C14H24N2O3. The van der Waals surface area contributed by atoms with Gasteiger partial charge in [-0.1, -0.05) is 19.8 Å². The van der Waals surface area contributed by atoms with Crippen LogP contribution < -0.4 is 5.73 Å². The maximum absolute atomic E-state index is 11.7. The molecule has 2 aliphatic rings. The van der Waals surface area contributed by atoms with Crippen molar-refractivity contribution in [2.75, 3.05) is 0 Å². The Balaban J connectivity index is 2.28. The molecule has 1 saturated heterocycles. The fourth-order valence-corrected chi connectivity index (χ4v) is 3.93. The van der Waals surface area contributed by atoms with Crippen LogP contribution in [0.5, 0.6) is 0 Å². The first-order chi connectivity index (χ1) is 9.06. The number of likely N-dealkylation sites (tertiary alicyclic amines) is 1. The Morgan fingerprint density at radius 1 is 1.26 bits per heavy atom. The molecule has 0 radical (unpaired) electrons. The van der Waals surface area contributed by atoms with Gasteiger partial charge in [0.05, 0.1) is 6.04 Å². The molecule has 5 heteroatoms. The number of carboxylic acid groups (broad SMARTS) is 1. The summed E-state index contributed by atoms with van der Waals surface area (Å²) in [5.74, 6) is -0.665. The molecule has 0 aromatic rings. The predicted octanol–water partition coefficient (Wildman–Crippen LogP) is 1.36. The predicted molar refractivity (Wildman–Crippen MR) is 71.5 cm³/mol. The molecule has 4 unspecified atom stereocenters. The van der Waals surface area contributed by atoms with Gasteiger partial charge in [-0.2, -0.15) is 0 Å². The molecule has 0 spiro atoms. The van der Waals surface area contributed by atoms with Gasteiger partial charge >= 0.3 is 5.97 Å². The van der Waals surface area contributed by atoms with Crippen LogP contribution >= 0.6 is 0 Å². The Bertz CT molecular complexity index is 343. The van der Waals surface area contributed by atoms with Gasteiger partial charge in [-0.3, -0.25) is 14.5 Å². The highest BCUT2D eigenvalue weighted by molar-refractivity contribution is 5.81. The molecule has 5 nitrogen and oxygen atoms in total. The zero-order chi connectivity index (χ0) is 14.0. The third-order valence-corrected chi connectivity index (χ3v) is 4.78. The Morgan fingerprint density at radius 3 is 2.53 bits per heavy atom. The van der Waals surface area contributed by atoms with Gasteiger partial charge in [-0.05, 0) is 38.0 Å². The fraction of sp³-hybridized carbons (Fsp3) is 0.857. The number of nitrogens with two attached hydrogens (primary N) is 1. The first kappa shape index (κ1) is 14.3. The number of carboxylic acids is 1. The second-order valence-corrected chi connectivity index (χ2v) is 5.82. The van der Waals surface area contributed by atoms with Gasteiger partial charge in [-0.15, -0.1) is 0 Å². The maximum atomic E-state index is 11.7. The van der Waals surface area contributed by atoms with Gasteiger partial charge in [0.1, 0.15) is 6.04 Å². The van der Waals surface area contributed by atoms with E-state index in [-0.39, 0.29) is 11.9 Å². The summed E-state index contributed by atoms with van der Waals surface area (Å²) in [7, 11) is 0. The molecule has 1 heterocycles. The lowest BCUT2D eigenvalue weighted by molar-refractivity contribution is -0.152. The number of hydrogen-bond acceptors (Lipinski definition) is 3. The van der Waals surface area contributed by atoms with Crippen LogP contribution in [-0.2, 0) is 9.59 Å². The number of carbonyl (C=O) groups is 2. The average Bonchev–Trinajstić information content (AvgIpc) is 2.39. The summed E-state index contributed by atoms with van der Waals surface area (Å²) >= 11 is 0. The van der Waals surface area contributed by atoms with Crippen LogP contribution in [0.1, 0.15) is 51.9 Å². The van der Waals surface area contributed by atoms with Crippen LogP contribution in [0.25, 0.3) is 0 Å². The minimum Gasteiger partial charge on any atom is -0.480 e. The number of hydrogen-bond donors (Lipinski definition) is 2. The molecule has 1 aliphatic carbocycles. The third-order valence-electron chi connectivity index (χ3n) is 4.78. The molecule has 2 rings (SSSR count). The largest absolute Gasteiger partial charge is 0.480 e. The standard InChI is InChI=1S/C14H24N2O3/c1-2-10(13(15)17)16-11-6-4-3-5-9(11)7-8-12(16)14(18)19/h9-12H,2-8H2,1H3,(H2,15,17)(H,18,19). The first-order valence-corrected chi connectivity index (χ1v) is 7.35. The summed E-state index contributed by atoms with van der Waals surface area (Å²) in [5.41, 5.74) is 5.49. The quantitative estimate of drug-likeness (QED) is 0.806. The van der Waals surface area contributed by atoms with Crippen molar-refractivity contribution in [1.29, 1.82) is 0 Å². The van der Waals surface area contributed by atoms with Crippen molar-refractivity contribution in [1.82, 2.24) is 4.90 Å². The number of amides is 1. The highest BCUT2D eigenvalue weighted by Crippen LogP contribution is 2.39. The second-order valence-electron chi connectivity index (χ2n) is 5.82. The molecular weight excluding hydrogens is 244 g/mol. The van der Waals surface area contributed by atoms with Gasteiger partial charge in [0, 0.05) is 6.04 Å². The number of fused-ring (bicyclic) bond motifs is 1. The number of nitrogens with zero attached hydrogens (tertiary/aromatic N) is 1. The van der Waals surface area contributed by atoms with Gasteiger partial charge < -0.3 is 10.8 Å². The molecule has 0 bridgehead atoms. The third kappa shape index (κ3) is 2.76. The number of primary amides is 1. The van der Waals surface area contributed by atoms with E-state index in [0.29, 0.717) is 18.8 Å². The molecule has 3 N–H and O–H groups in total. The van der Waals surface area contributed by atoms with Crippen molar-refractivity contribution in [3.63, 3.8) is 0 Å².